The Morgan fingerprint density at radius 3 is 2.16 bits per heavy atom. The van der Waals surface area contributed by atoms with E-state index in [-0.39, 0.29) is 18.4 Å². The number of carbonyl (C=O) groups excluding carboxylic acids is 2. The SMILES string of the molecule is CCC(C)(CC)NC(=O)NC(CCC(N)=O)C(=O)O. The van der Waals surface area contributed by atoms with Gasteiger partial charge in [-0.3, -0.25) is 4.79 Å². The van der Waals surface area contributed by atoms with Crippen LogP contribution in [0.5, 0.6) is 0 Å². The minimum atomic E-state index is -1.19. The summed E-state index contributed by atoms with van der Waals surface area (Å²) in [6.45, 7) is 5.75. The quantitative estimate of drug-likeness (QED) is 0.516. The number of carboxylic acid groups (broad SMARTS) is 1. The highest BCUT2D eigenvalue weighted by molar-refractivity contribution is 5.83. The average molecular weight is 273 g/mol. The van der Waals surface area contributed by atoms with Gasteiger partial charge >= 0.3 is 12.0 Å². The van der Waals surface area contributed by atoms with Crippen LogP contribution in [-0.2, 0) is 9.59 Å². The maximum Gasteiger partial charge on any atom is 0.326 e. The predicted molar refractivity (Wildman–Crippen MR) is 70.5 cm³/mol. The molecule has 1 unspecified atom stereocenters. The Morgan fingerprint density at radius 2 is 1.79 bits per heavy atom. The minimum Gasteiger partial charge on any atom is -0.480 e. The molecular formula is C12H23N3O4. The Morgan fingerprint density at radius 1 is 1.26 bits per heavy atom. The topological polar surface area (TPSA) is 122 Å². The van der Waals surface area contributed by atoms with E-state index in [1.54, 1.807) is 0 Å². The van der Waals surface area contributed by atoms with Crippen molar-refractivity contribution >= 4 is 17.9 Å². The Hall–Kier alpha value is -1.79. The molecule has 0 bridgehead atoms. The maximum absolute atomic E-state index is 11.7. The van der Waals surface area contributed by atoms with Gasteiger partial charge < -0.3 is 21.5 Å². The number of nitrogens with two attached hydrogens (primary N) is 1. The van der Waals surface area contributed by atoms with Crippen molar-refractivity contribution in [2.75, 3.05) is 0 Å². The highest BCUT2D eigenvalue weighted by atomic mass is 16.4. The minimum absolute atomic E-state index is 0.0208. The van der Waals surface area contributed by atoms with Gasteiger partial charge in [-0.2, -0.15) is 0 Å². The highest BCUT2D eigenvalue weighted by Crippen LogP contribution is 2.13. The summed E-state index contributed by atoms with van der Waals surface area (Å²) in [5, 5.41) is 14.0. The van der Waals surface area contributed by atoms with E-state index >= 15 is 0 Å². The molecule has 19 heavy (non-hydrogen) atoms. The molecule has 0 fully saturated rings. The summed E-state index contributed by atoms with van der Waals surface area (Å²) >= 11 is 0. The molecular weight excluding hydrogens is 250 g/mol. The molecule has 0 aliphatic carbocycles. The van der Waals surface area contributed by atoms with Gasteiger partial charge in [-0.25, -0.2) is 9.59 Å². The van der Waals surface area contributed by atoms with Crippen molar-refractivity contribution in [1.82, 2.24) is 10.6 Å². The van der Waals surface area contributed by atoms with Gasteiger partial charge in [0.1, 0.15) is 6.04 Å². The molecule has 0 rings (SSSR count). The second kappa shape index (κ2) is 7.60. The molecule has 0 saturated carbocycles. The summed E-state index contributed by atoms with van der Waals surface area (Å²) in [6.07, 6.45) is 1.36. The van der Waals surface area contributed by atoms with Crippen LogP contribution in [0, 0.1) is 0 Å². The number of primary amides is 1. The molecule has 7 nitrogen and oxygen atoms in total. The van der Waals surface area contributed by atoms with Gasteiger partial charge in [0.25, 0.3) is 0 Å². The fourth-order valence-electron chi connectivity index (χ4n) is 1.44. The summed E-state index contributed by atoms with van der Waals surface area (Å²) in [5.74, 6) is -1.79. The summed E-state index contributed by atoms with van der Waals surface area (Å²) < 4.78 is 0. The van der Waals surface area contributed by atoms with Gasteiger partial charge in [0.15, 0.2) is 0 Å². The lowest BCUT2D eigenvalue weighted by molar-refractivity contribution is -0.139. The summed E-state index contributed by atoms with van der Waals surface area (Å²) in [5.41, 5.74) is 4.58. The number of nitrogens with one attached hydrogen (secondary N) is 2. The third kappa shape index (κ3) is 6.64. The number of hydrogen-bond acceptors (Lipinski definition) is 3. The Labute approximate surface area is 112 Å². The lowest BCUT2D eigenvalue weighted by Gasteiger charge is -2.29. The van der Waals surface area contributed by atoms with Crippen molar-refractivity contribution < 1.29 is 19.5 Å². The lowest BCUT2D eigenvalue weighted by Crippen LogP contribution is -2.53. The zero-order valence-electron chi connectivity index (χ0n) is 11.7. The Kier molecular flexibility index (Phi) is 6.89. The number of aliphatic carboxylic acids is 1. The van der Waals surface area contributed by atoms with Crippen molar-refractivity contribution in [3.05, 3.63) is 0 Å². The van der Waals surface area contributed by atoms with Gasteiger partial charge in [-0.15, -0.1) is 0 Å². The van der Waals surface area contributed by atoms with Crippen LogP contribution < -0.4 is 16.4 Å². The van der Waals surface area contributed by atoms with Crippen molar-refractivity contribution in [2.24, 2.45) is 5.73 Å². The lowest BCUT2D eigenvalue weighted by atomic mass is 9.96. The zero-order chi connectivity index (χ0) is 15.1. The average Bonchev–Trinajstić information content (AvgIpc) is 2.33. The van der Waals surface area contributed by atoms with Crippen LogP contribution in [0.2, 0.25) is 0 Å². The van der Waals surface area contributed by atoms with E-state index < -0.39 is 23.9 Å². The summed E-state index contributed by atoms with van der Waals surface area (Å²) in [7, 11) is 0. The molecule has 0 spiro atoms. The van der Waals surface area contributed by atoms with Crippen LogP contribution in [-0.4, -0.2) is 34.6 Å². The van der Waals surface area contributed by atoms with Crippen LogP contribution in [0.1, 0.15) is 46.5 Å². The van der Waals surface area contributed by atoms with Gasteiger partial charge in [-0.1, -0.05) is 13.8 Å². The van der Waals surface area contributed by atoms with Crippen LogP contribution in [0.4, 0.5) is 4.79 Å². The van der Waals surface area contributed by atoms with Gasteiger partial charge in [0, 0.05) is 12.0 Å². The second-order valence-electron chi connectivity index (χ2n) is 4.76. The van der Waals surface area contributed by atoms with E-state index in [0.29, 0.717) is 0 Å². The van der Waals surface area contributed by atoms with Gasteiger partial charge in [-0.05, 0) is 26.2 Å². The van der Waals surface area contributed by atoms with Crippen molar-refractivity contribution in [3.63, 3.8) is 0 Å². The maximum atomic E-state index is 11.7. The first-order valence-corrected chi connectivity index (χ1v) is 6.34. The molecule has 0 aliphatic heterocycles. The first-order chi connectivity index (χ1) is 8.74. The Bertz CT molecular complexity index is 340. The van der Waals surface area contributed by atoms with E-state index in [4.69, 9.17) is 10.8 Å². The molecule has 3 amide bonds. The number of amides is 3. The van der Waals surface area contributed by atoms with E-state index in [0.717, 1.165) is 12.8 Å². The van der Waals surface area contributed by atoms with E-state index in [1.165, 1.54) is 0 Å². The predicted octanol–water partition coefficient (Wildman–Crippen LogP) is 0.583. The van der Waals surface area contributed by atoms with Crippen LogP contribution >= 0.6 is 0 Å². The van der Waals surface area contributed by atoms with Gasteiger partial charge in [0.05, 0.1) is 0 Å². The van der Waals surface area contributed by atoms with E-state index in [9.17, 15) is 14.4 Å². The molecule has 0 radical (unpaired) electrons. The molecule has 5 N–H and O–H groups in total. The molecule has 7 heteroatoms. The van der Waals surface area contributed by atoms with Crippen LogP contribution in [0.25, 0.3) is 0 Å². The Balaban J connectivity index is 4.47. The molecule has 1 atom stereocenters. The highest BCUT2D eigenvalue weighted by Gasteiger charge is 2.25. The fourth-order valence-corrected chi connectivity index (χ4v) is 1.44. The van der Waals surface area contributed by atoms with Crippen molar-refractivity contribution in [2.45, 2.75) is 58.0 Å². The third-order valence-electron chi connectivity index (χ3n) is 3.26. The van der Waals surface area contributed by atoms with E-state index in [2.05, 4.69) is 10.6 Å². The molecule has 0 aliphatic rings. The molecule has 0 aromatic carbocycles. The first-order valence-electron chi connectivity index (χ1n) is 6.34. The van der Waals surface area contributed by atoms with Crippen LogP contribution in [0.15, 0.2) is 0 Å². The second-order valence-corrected chi connectivity index (χ2v) is 4.76. The van der Waals surface area contributed by atoms with Crippen molar-refractivity contribution in [1.29, 1.82) is 0 Å². The number of hydrogen-bond donors (Lipinski definition) is 4. The molecule has 110 valence electrons. The number of carbonyl (C=O) groups is 3. The molecule has 0 aromatic rings. The van der Waals surface area contributed by atoms with E-state index in [1.807, 2.05) is 20.8 Å². The number of urea groups is 1. The van der Waals surface area contributed by atoms with Crippen LogP contribution in [0.3, 0.4) is 0 Å². The first kappa shape index (κ1) is 17.2. The summed E-state index contributed by atoms with van der Waals surface area (Å²) in [6, 6.07) is -1.67. The number of carboxylic acids is 1. The van der Waals surface area contributed by atoms with Gasteiger partial charge in [0.2, 0.25) is 5.91 Å². The zero-order valence-corrected chi connectivity index (χ0v) is 11.7. The smallest absolute Gasteiger partial charge is 0.326 e. The normalized spacial score (nSPS) is 12.6. The van der Waals surface area contributed by atoms with Crippen molar-refractivity contribution in [3.8, 4) is 0 Å². The fraction of sp³-hybridized carbons (Fsp3) is 0.750. The standard InChI is InChI=1S/C12H23N3O4/c1-4-12(3,5-2)15-11(19)14-8(10(17)18)6-7-9(13)16/h8H,4-7H2,1-3H3,(H2,13,16)(H,17,18)(H2,14,15,19). The third-order valence-corrected chi connectivity index (χ3v) is 3.26. The monoisotopic (exact) mass is 273 g/mol. The molecule has 0 saturated heterocycles. The molecule has 0 heterocycles. The largest absolute Gasteiger partial charge is 0.480 e. The molecule has 0 aromatic heterocycles. The summed E-state index contributed by atoms with van der Waals surface area (Å²) in [4.78, 5) is 33.3. The number of rotatable bonds is 8.